The summed E-state index contributed by atoms with van der Waals surface area (Å²) in [5.74, 6) is 0. The zero-order valence-electron chi connectivity index (χ0n) is 8.81. The predicted molar refractivity (Wildman–Crippen MR) is 57.2 cm³/mol. The fourth-order valence-corrected chi connectivity index (χ4v) is 1.42. The van der Waals surface area contributed by atoms with Crippen LogP contribution in [0.4, 0.5) is 0 Å². The Labute approximate surface area is 85.5 Å². The number of benzene rings is 1. The zero-order valence-corrected chi connectivity index (χ0v) is 8.81. The van der Waals surface area contributed by atoms with Crippen molar-refractivity contribution in [3.05, 3.63) is 35.9 Å². The van der Waals surface area contributed by atoms with E-state index >= 15 is 0 Å². The Bertz CT molecular complexity index is 244. The summed E-state index contributed by atoms with van der Waals surface area (Å²) in [5, 5.41) is 9.11. The van der Waals surface area contributed by atoms with Crippen LogP contribution in [0.5, 0.6) is 0 Å². The molecule has 1 aromatic rings. The van der Waals surface area contributed by atoms with Gasteiger partial charge in [0.25, 0.3) is 0 Å². The van der Waals surface area contributed by atoms with Crippen LogP contribution in [0.25, 0.3) is 0 Å². The molecule has 0 aliphatic rings. The van der Waals surface area contributed by atoms with E-state index in [9.17, 15) is 0 Å². The highest BCUT2D eigenvalue weighted by molar-refractivity contribution is 5.15. The van der Waals surface area contributed by atoms with Gasteiger partial charge in [0.2, 0.25) is 0 Å². The summed E-state index contributed by atoms with van der Waals surface area (Å²) in [6.07, 6.45) is 0.850. The van der Waals surface area contributed by atoms with E-state index in [2.05, 4.69) is 0 Å². The van der Waals surface area contributed by atoms with Crippen molar-refractivity contribution in [3.63, 3.8) is 0 Å². The third kappa shape index (κ3) is 3.90. The molecule has 0 amide bonds. The molecule has 0 saturated heterocycles. The molecular weight excluding hydrogens is 176 g/mol. The molecule has 2 heteroatoms. The maximum Gasteiger partial charge on any atom is 0.0849 e. The molecule has 1 unspecified atom stereocenters. The normalized spacial score (nSPS) is 13.1. The number of rotatable bonds is 5. The van der Waals surface area contributed by atoms with E-state index < -0.39 is 0 Å². The molecule has 1 aromatic carbocycles. The van der Waals surface area contributed by atoms with Crippen molar-refractivity contribution in [3.8, 4) is 0 Å². The number of hydrogen-bond acceptors (Lipinski definition) is 2. The second-order valence-corrected chi connectivity index (χ2v) is 3.68. The van der Waals surface area contributed by atoms with Crippen LogP contribution in [0.15, 0.2) is 30.3 Å². The Morgan fingerprint density at radius 1 is 1.21 bits per heavy atom. The molecule has 1 rings (SSSR count). The molecule has 0 bridgehead atoms. The van der Waals surface area contributed by atoms with Crippen molar-refractivity contribution in [2.24, 2.45) is 0 Å². The lowest BCUT2D eigenvalue weighted by Crippen LogP contribution is -2.24. The highest BCUT2D eigenvalue weighted by Crippen LogP contribution is 2.07. The van der Waals surface area contributed by atoms with Crippen molar-refractivity contribution in [2.45, 2.75) is 32.5 Å². The van der Waals surface area contributed by atoms with Crippen LogP contribution in [0.2, 0.25) is 0 Å². The van der Waals surface area contributed by atoms with Crippen LogP contribution in [-0.4, -0.2) is 23.9 Å². The standard InChI is InChI=1S/C12H18O2/c1-10(2)14-12(9-13)8-11-6-4-3-5-7-11/h3-7,10,12-13H,8-9H2,1-2H3. The Morgan fingerprint density at radius 2 is 1.86 bits per heavy atom. The van der Waals surface area contributed by atoms with Gasteiger partial charge in [0.15, 0.2) is 0 Å². The van der Waals surface area contributed by atoms with Crippen LogP contribution in [0, 0.1) is 0 Å². The molecule has 0 heterocycles. The lowest BCUT2D eigenvalue weighted by atomic mass is 10.1. The van der Waals surface area contributed by atoms with Crippen LogP contribution >= 0.6 is 0 Å². The molecule has 2 nitrogen and oxygen atoms in total. The maximum atomic E-state index is 9.11. The summed E-state index contributed by atoms with van der Waals surface area (Å²) in [7, 11) is 0. The highest BCUT2D eigenvalue weighted by atomic mass is 16.5. The van der Waals surface area contributed by atoms with Gasteiger partial charge in [-0.1, -0.05) is 30.3 Å². The number of ether oxygens (including phenoxy) is 1. The lowest BCUT2D eigenvalue weighted by molar-refractivity contribution is -0.0223. The molecule has 1 atom stereocenters. The van der Waals surface area contributed by atoms with Crippen molar-refractivity contribution in [1.29, 1.82) is 0 Å². The van der Waals surface area contributed by atoms with Crippen molar-refractivity contribution in [1.82, 2.24) is 0 Å². The van der Waals surface area contributed by atoms with Gasteiger partial charge >= 0.3 is 0 Å². The molecule has 0 spiro atoms. The molecule has 0 radical (unpaired) electrons. The van der Waals surface area contributed by atoms with E-state index in [4.69, 9.17) is 9.84 Å². The lowest BCUT2D eigenvalue weighted by Gasteiger charge is -2.18. The smallest absolute Gasteiger partial charge is 0.0849 e. The summed E-state index contributed by atoms with van der Waals surface area (Å²) in [4.78, 5) is 0. The summed E-state index contributed by atoms with van der Waals surface area (Å²) >= 11 is 0. The van der Waals surface area contributed by atoms with Gasteiger partial charge < -0.3 is 9.84 Å². The van der Waals surface area contributed by atoms with Gasteiger partial charge in [0.1, 0.15) is 0 Å². The monoisotopic (exact) mass is 194 g/mol. The Kier molecular flexibility index (Phi) is 4.63. The van der Waals surface area contributed by atoms with Gasteiger partial charge in [-0.15, -0.1) is 0 Å². The van der Waals surface area contributed by atoms with E-state index in [1.165, 1.54) is 5.56 Å². The van der Waals surface area contributed by atoms with Crippen molar-refractivity contribution in [2.75, 3.05) is 6.61 Å². The van der Waals surface area contributed by atoms with Gasteiger partial charge in [-0.25, -0.2) is 0 Å². The summed E-state index contributed by atoms with van der Waals surface area (Å²) in [6, 6.07) is 10.1. The molecule has 0 saturated carbocycles. The average molecular weight is 194 g/mol. The van der Waals surface area contributed by atoms with E-state index in [0.717, 1.165) is 6.42 Å². The van der Waals surface area contributed by atoms with Crippen molar-refractivity contribution >= 4 is 0 Å². The highest BCUT2D eigenvalue weighted by Gasteiger charge is 2.10. The van der Waals surface area contributed by atoms with E-state index in [0.29, 0.717) is 0 Å². The maximum absolute atomic E-state index is 9.11. The topological polar surface area (TPSA) is 29.5 Å². The second-order valence-electron chi connectivity index (χ2n) is 3.68. The molecule has 14 heavy (non-hydrogen) atoms. The summed E-state index contributed by atoms with van der Waals surface area (Å²) in [6.45, 7) is 4.04. The Morgan fingerprint density at radius 3 is 2.36 bits per heavy atom. The van der Waals surface area contributed by atoms with Gasteiger partial charge in [0.05, 0.1) is 18.8 Å². The molecule has 0 aliphatic heterocycles. The average Bonchev–Trinajstić information content (AvgIpc) is 2.17. The third-order valence-corrected chi connectivity index (χ3v) is 1.97. The molecule has 1 N–H and O–H groups in total. The Hall–Kier alpha value is -0.860. The fourth-order valence-electron chi connectivity index (χ4n) is 1.42. The van der Waals surface area contributed by atoms with Gasteiger partial charge in [-0.2, -0.15) is 0 Å². The van der Waals surface area contributed by atoms with E-state index in [-0.39, 0.29) is 18.8 Å². The molecule has 0 fully saturated rings. The van der Waals surface area contributed by atoms with Crippen LogP contribution in [0.3, 0.4) is 0 Å². The predicted octanol–water partition coefficient (Wildman–Crippen LogP) is 2.01. The van der Waals surface area contributed by atoms with Crippen LogP contribution in [-0.2, 0) is 11.2 Å². The molecule has 0 aliphatic carbocycles. The van der Waals surface area contributed by atoms with Crippen molar-refractivity contribution < 1.29 is 9.84 Å². The number of aliphatic hydroxyl groups excluding tert-OH is 1. The molecular formula is C12H18O2. The fraction of sp³-hybridized carbons (Fsp3) is 0.500. The SMILES string of the molecule is CC(C)OC(CO)Cc1ccccc1. The summed E-state index contributed by atoms with van der Waals surface area (Å²) < 4.78 is 5.55. The third-order valence-electron chi connectivity index (χ3n) is 1.97. The number of aliphatic hydroxyl groups is 1. The largest absolute Gasteiger partial charge is 0.394 e. The zero-order chi connectivity index (χ0) is 10.4. The van der Waals surface area contributed by atoms with Gasteiger partial charge in [-0.3, -0.25) is 0 Å². The number of hydrogen-bond donors (Lipinski definition) is 1. The first kappa shape index (κ1) is 11.2. The summed E-state index contributed by atoms with van der Waals surface area (Å²) in [5.41, 5.74) is 1.20. The van der Waals surface area contributed by atoms with Gasteiger partial charge in [0, 0.05) is 6.42 Å². The molecule has 0 aromatic heterocycles. The first-order chi connectivity index (χ1) is 6.72. The Balaban J connectivity index is 2.48. The minimum absolute atomic E-state index is 0.0765. The van der Waals surface area contributed by atoms with Crippen LogP contribution in [0.1, 0.15) is 19.4 Å². The quantitative estimate of drug-likeness (QED) is 0.777. The van der Waals surface area contributed by atoms with E-state index in [1.807, 2.05) is 44.2 Å². The minimum atomic E-state index is -0.0857. The van der Waals surface area contributed by atoms with Gasteiger partial charge in [-0.05, 0) is 19.4 Å². The van der Waals surface area contributed by atoms with E-state index in [1.54, 1.807) is 0 Å². The van der Waals surface area contributed by atoms with Crippen LogP contribution < -0.4 is 0 Å². The second kappa shape index (κ2) is 5.78. The first-order valence-electron chi connectivity index (χ1n) is 5.02. The minimum Gasteiger partial charge on any atom is -0.394 e. The first-order valence-corrected chi connectivity index (χ1v) is 5.02. The molecule has 78 valence electrons.